The molecule has 28 heavy (non-hydrogen) atoms. The molecule has 0 aliphatic carbocycles. The second-order valence-corrected chi connectivity index (χ2v) is 10.4. The van der Waals surface area contributed by atoms with Gasteiger partial charge in [-0.3, -0.25) is 9.78 Å². The molecule has 0 spiro atoms. The molecule has 1 aromatic carbocycles. The number of nitrogens with zero attached hydrogens (tertiary/aromatic N) is 2. The first-order valence-corrected chi connectivity index (χ1v) is 11.1. The molecule has 0 saturated carbocycles. The fraction of sp³-hybridized carbons (Fsp3) is 0.368. The quantitative estimate of drug-likeness (QED) is 0.685. The molecule has 0 amide bonds. The van der Waals surface area contributed by atoms with Crippen LogP contribution in [0.2, 0.25) is 0 Å². The van der Waals surface area contributed by atoms with Crippen molar-refractivity contribution in [1.29, 1.82) is 0 Å². The minimum Gasteiger partial charge on any atom is -0.468 e. The molecule has 1 fully saturated rings. The number of hydrogen-bond donors (Lipinski definition) is 0. The summed E-state index contributed by atoms with van der Waals surface area (Å²) in [5, 5.41) is 0. The van der Waals surface area contributed by atoms with Crippen molar-refractivity contribution in [2.45, 2.75) is 29.5 Å². The average Bonchev–Trinajstić information content (AvgIpc) is 2.68. The highest BCUT2D eigenvalue weighted by Gasteiger charge is 2.48. The highest BCUT2D eigenvalue weighted by Crippen LogP contribution is 2.39. The molecule has 1 atom stereocenters. The fourth-order valence-corrected chi connectivity index (χ4v) is 6.17. The summed E-state index contributed by atoms with van der Waals surface area (Å²) in [6, 6.07) is 8.66. The summed E-state index contributed by atoms with van der Waals surface area (Å²) in [6.45, 7) is 3.95. The van der Waals surface area contributed by atoms with E-state index in [1.807, 2.05) is 13.8 Å². The molecule has 3 rings (SSSR count). The van der Waals surface area contributed by atoms with Crippen LogP contribution in [0.3, 0.4) is 0 Å². The van der Waals surface area contributed by atoms with E-state index < -0.39 is 26.8 Å². The smallest absolute Gasteiger partial charge is 0.325 e. The first-order valence-electron chi connectivity index (χ1n) is 8.67. The van der Waals surface area contributed by atoms with Crippen LogP contribution in [-0.4, -0.2) is 53.9 Å². The fourth-order valence-electron chi connectivity index (χ4n) is 3.08. The molecule has 1 aromatic heterocycles. The Balaban J connectivity index is 1.87. The molecule has 1 unspecified atom stereocenters. The minimum absolute atomic E-state index is 0.103. The Hall–Kier alpha value is -2.10. The third kappa shape index (κ3) is 4.16. The first kappa shape index (κ1) is 20.6. The van der Waals surface area contributed by atoms with Crippen molar-refractivity contribution in [2.75, 3.05) is 19.4 Å². The molecule has 0 N–H and O–H groups in total. The standard InChI is InChI=1S/C19H22N2O5S2/c1-19(2)17(18(22)25-3)21(12-13-27-19)28(23,24)16-6-4-14(5-7-16)26-15-8-10-20-11-9-15/h4-11,17H,12-13H2,1-3H3. The highest BCUT2D eigenvalue weighted by molar-refractivity contribution is 8.00. The number of rotatable bonds is 5. The van der Waals surface area contributed by atoms with Gasteiger partial charge in [0.15, 0.2) is 0 Å². The molecule has 9 heteroatoms. The van der Waals surface area contributed by atoms with Crippen molar-refractivity contribution in [1.82, 2.24) is 9.29 Å². The monoisotopic (exact) mass is 422 g/mol. The molecule has 7 nitrogen and oxygen atoms in total. The number of ether oxygens (including phenoxy) is 2. The second kappa shape index (κ2) is 8.10. The molecule has 0 radical (unpaired) electrons. The van der Waals surface area contributed by atoms with Gasteiger partial charge in [-0.1, -0.05) is 0 Å². The van der Waals surface area contributed by atoms with Gasteiger partial charge in [0.1, 0.15) is 17.5 Å². The summed E-state index contributed by atoms with van der Waals surface area (Å²) >= 11 is 1.56. The van der Waals surface area contributed by atoms with Crippen LogP contribution in [0, 0.1) is 0 Å². The van der Waals surface area contributed by atoms with Crippen LogP contribution in [0.15, 0.2) is 53.7 Å². The maximum atomic E-state index is 13.2. The second-order valence-electron chi connectivity index (χ2n) is 6.75. The van der Waals surface area contributed by atoms with E-state index in [0.29, 0.717) is 17.3 Å². The maximum absolute atomic E-state index is 13.2. The molecule has 2 aromatic rings. The SMILES string of the molecule is COC(=O)C1N(S(=O)(=O)c2ccc(Oc3ccncc3)cc2)CCSC1(C)C. The number of carbonyl (C=O) groups excluding carboxylic acids is 1. The zero-order valence-electron chi connectivity index (χ0n) is 15.9. The van der Waals surface area contributed by atoms with E-state index in [1.54, 1.807) is 48.4 Å². The van der Waals surface area contributed by atoms with Gasteiger partial charge in [-0.15, -0.1) is 0 Å². The van der Waals surface area contributed by atoms with Crippen molar-refractivity contribution >= 4 is 27.8 Å². The predicted molar refractivity (Wildman–Crippen MR) is 107 cm³/mol. The van der Waals surface area contributed by atoms with Crippen LogP contribution in [0.1, 0.15) is 13.8 Å². The lowest BCUT2D eigenvalue weighted by Gasteiger charge is -2.43. The van der Waals surface area contributed by atoms with Gasteiger partial charge in [-0.05, 0) is 50.2 Å². The number of carbonyl (C=O) groups is 1. The van der Waals surface area contributed by atoms with Crippen molar-refractivity contribution in [3.63, 3.8) is 0 Å². The summed E-state index contributed by atoms with van der Waals surface area (Å²) in [6.07, 6.45) is 3.22. The van der Waals surface area contributed by atoms with E-state index in [2.05, 4.69) is 4.98 Å². The predicted octanol–water partition coefficient (Wildman–Crippen LogP) is 2.93. The number of pyridine rings is 1. The largest absolute Gasteiger partial charge is 0.468 e. The van der Waals surface area contributed by atoms with Crippen LogP contribution in [0.25, 0.3) is 0 Å². The Morgan fingerprint density at radius 2 is 1.75 bits per heavy atom. The van der Waals surface area contributed by atoms with Gasteiger partial charge in [-0.25, -0.2) is 8.42 Å². The number of aromatic nitrogens is 1. The molecule has 1 aliphatic rings. The van der Waals surface area contributed by atoms with Crippen LogP contribution in [-0.2, 0) is 19.6 Å². The molecule has 150 valence electrons. The Kier molecular flexibility index (Phi) is 5.97. The third-order valence-electron chi connectivity index (χ3n) is 4.47. The first-order chi connectivity index (χ1) is 13.3. The zero-order chi connectivity index (χ0) is 20.4. The number of thioether (sulfide) groups is 1. The Labute approximate surface area is 169 Å². The van der Waals surface area contributed by atoms with E-state index >= 15 is 0 Å². The summed E-state index contributed by atoms with van der Waals surface area (Å²) in [7, 11) is -2.60. The maximum Gasteiger partial charge on any atom is 0.325 e. The number of esters is 1. The van der Waals surface area contributed by atoms with Crippen LogP contribution in [0.4, 0.5) is 0 Å². The van der Waals surface area contributed by atoms with E-state index in [4.69, 9.17) is 9.47 Å². The summed E-state index contributed by atoms with van der Waals surface area (Å²) in [4.78, 5) is 16.4. The summed E-state index contributed by atoms with van der Waals surface area (Å²) in [5.74, 6) is 1.15. The van der Waals surface area contributed by atoms with Crippen molar-refractivity contribution < 1.29 is 22.7 Å². The number of methoxy groups -OCH3 is 1. The number of sulfonamides is 1. The van der Waals surface area contributed by atoms with Gasteiger partial charge >= 0.3 is 5.97 Å². The van der Waals surface area contributed by atoms with E-state index in [9.17, 15) is 13.2 Å². The highest BCUT2D eigenvalue weighted by atomic mass is 32.2. The molecule has 1 saturated heterocycles. The molecule has 1 aliphatic heterocycles. The summed E-state index contributed by atoms with van der Waals surface area (Å²) in [5.41, 5.74) is 0. The lowest BCUT2D eigenvalue weighted by atomic mass is 10.0. The average molecular weight is 423 g/mol. The van der Waals surface area contributed by atoms with E-state index in [-0.39, 0.29) is 11.4 Å². The lowest BCUT2D eigenvalue weighted by molar-refractivity contribution is -0.146. The van der Waals surface area contributed by atoms with Crippen molar-refractivity contribution in [2.24, 2.45) is 0 Å². The van der Waals surface area contributed by atoms with Gasteiger partial charge in [-0.2, -0.15) is 16.1 Å². The molecule has 0 bridgehead atoms. The van der Waals surface area contributed by atoms with Crippen molar-refractivity contribution in [3.8, 4) is 11.5 Å². The normalized spacial score (nSPS) is 19.8. The minimum atomic E-state index is -3.87. The van der Waals surface area contributed by atoms with Crippen molar-refractivity contribution in [3.05, 3.63) is 48.8 Å². The van der Waals surface area contributed by atoms with Crippen LogP contribution < -0.4 is 4.74 Å². The third-order valence-corrected chi connectivity index (χ3v) is 7.71. The lowest BCUT2D eigenvalue weighted by Crippen LogP contribution is -2.58. The van der Waals surface area contributed by atoms with Crippen LogP contribution in [0.5, 0.6) is 11.5 Å². The van der Waals surface area contributed by atoms with Gasteiger partial charge in [0.25, 0.3) is 0 Å². The van der Waals surface area contributed by atoms with Gasteiger partial charge in [0.2, 0.25) is 10.0 Å². The number of benzene rings is 1. The molecular formula is C19H22N2O5S2. The van der Waals surface area contributed by atoms with Gasteiger partial charge < -0.3 is 9.47 Å². The Bertz CT molecular complexity index is 931. The zero-order valence-corrected chi connectivity index (χ0v) is 17.5. The number of hydrogen-bond acceptors (Lipinski definition) is 7. The molecular weight excluding hydrogens is 400 g/mol. The molecule has 2 heterocycles. The van der Waals surface area contributed by atoms with Gasteiger partial charge in [0, 0.05) is 29.4 Å². The Morgan fingerprint density at radius 3 is 2.36 bits per heavy atom. The summed E-state index contributed by atoms with van der Waals surface area (Å²) < 4.78 is 37.7. The van der Waals surface area contributed by atoms with Gasteiger partial charge in [0.05, 0.1) is 12.0 Å². The topological polar surface area (TPSA) is 85.8 Å². The Morgan fingerprint density at radius 1 is 1.14 bits per heavy atom. The van der Waals surface area contributed by atoms with E-state index in [0.717, 1.165) is 0 Å². The van der Waals surface area contributed by atoms with Crippen LogP contribution >= 0.6 is 11.8 Å². The van der Waals surface area contributed by atoms with E-state index in [1.165, 1.54) is 23.5 Å².